The average Bonchev–Trinajstić information content (AvgIpc) is 0.908. The minimum absolute atomic E-state index is 0.106. The molecule has 3 unspecified atom stereocenters. The molecule has 0 spiro atoms. The zero-order valence-electron chi connectivity index (χ0n) is 69.0. The van der Waals surface area contributed by atoms with Crippen molar-refractivity contribution in [3.8, 4) is 0 Å². The van der Waals surface area contributed by atoms with Crippen molar-refractivity contribution >= 4 is 39.5 Å². The molecule has 0 rings (SSSR count). The van der Waals surface area contributed by atoms with Gasteiger partial charge in [-0.3, -0.25) is 37.3 Å². The third-order valence-electron chi connectivity index (χ3n) is 20.6. The highest BCUT2D eigenvalue weighted by Gasteiger charge is 2.30. The molecule has 0 radical (unpaired) electrons. The fourth-order valence-corrected chi connectivity index (χ4v) is 15.0. The van der Waals surface area contributed by atoms with Gasteiger partial charge in [0, 0.05) is 25.7 Å². The highest BCUT2D eigenvalue weighted by Crippen LogP contribution is 2.45. The van der Waals surface area contributed by atoms with Crippen LogP contribution in [0, 0.1) is 11.8 Å². The van der Waals surface area contributed by atoms with E-state index in [0.29, 0.717) is 25.7 Å². The average molecular weight is 1540 g/mol. The van der Waals surface area contributed by atoms with Crippen molar-refractivity contribution in [2.45, 2.75) is 477 Å². The van der Waals surface area contributed by atoms with Crippen LogP contribution in [0.3, 0.4) is 0 Å². The van der Waals surface area contributed by atoms with Crippen LogP contribution in [0.4, 0.5) is 0 Å². The number of carbonyl (C=O) groups excluding carboxylic acids is 4. The first kappa shape index (κ1) is 103. The fourth-order valence-electron chi connectivity index (χ4n) is 13.4. The van der Waals surface area contributed by atoms with Gasteiger partial charge >= 0.3 is 39.5 Å². The Morgan fingerprint density at radius 1 is 0.276 bits per heavy atom. The maximum absolute atomic E-state index is 13.1. The summed E-state index contributed by atoms with van der Waals surface area (Å²) in [7, 11) is -9.93. The van der Waals surface area contributed by atoms with Gasteiger partial charge in [-0.15, -0.1) is 0 Å². The first-order valence-corrected chi connectivity index (χ1v) is 47.5. The second-order valence-electron chi connectivity index (χ2n) is 31.6. The van der Waals surface area contributed by atoms with Gasteiger partial charge in [0.25, 0.3) is 0 Å². The molecular weight excluding hydrogens is 1370 g/mol. The quantitative estimate of drug-likeness (QED) is 0.0222. The number of esters is 4. The van der Waals surface area contributed by atoms with Crippen molar-refractivity contribution in [2.24, 2.45) is 11.8 Å². The van der Waals surface area contributed by atoms with E-state index >= 15 is 0 Å². The minimum Gasteiger partial charge on any atom is -0.462 e. The van der Waals surface area contributed by atoms with E-state index in [1.165, 1.54) is 276 Å². The summed E-state index contributed by atoms with van der Waals surface area (Å²) in [5.74, 6) is -0.557. The van der Waals surface area contributed by atoms with Gasteiger partial charge in [0.2, 0.25) is 0 Å². The summed E-state index contributed by atoms with van der Waals surface area (Å²) in [6.07, 6.45) is 69.5. The van der Waals surface area contributed by atoms with E-state index < -0.39 is 97.5 Å². The Morgan fingerprint density at radius 3 is 0.724 bits per heavy atom. The Hall–Kier alpha value is -1.94. The zero-order chi connectivity index (χ0) is 77.1. The van der Waals surface area contributed by atoms with Gasteiger partial charge in [-0.2, -0.15) is 0 Å². The molecular formula is C86H168O17P2. The minimum atomic E-state index is -4.97. The van der Waals surface area contributed by atoms with Gasteiger partial charge in [0.05, 0.1) is 26.4 Å². The molecule has 0 aromatic heterocycles. The molecule has 0 heterocycles. The monoisotopic (exact) mass is 1540 g/mol. The van der Waals surface area contributed by atoms with Crippen LogP contribution in [0.25, 0.3) is 0 Å². The molecule has 0 aromatic rings. The lowest BCUT2D eigenvalue weighted by Gasteiger charge is -2.21. The second-order valence-corrected chi connectivity index (χ2v) is 34.6. The molecule has 0 aromatic carbocycles. The SMILES string of the molecule is CCCCCCCCCCCCCCCCCCCCCCCCC(=O)O[C@H](COC(=O)CCCCCCCCCCCCCCCCCCC)COP(=O)(O)OC[C@@H](O)COP(=O)(O)OC[C@@H](COC(=O)CCCCCCCCCCCC(C)C)OC(=O)CCCCCCCCCCCCC(C)CC. The number of hydrogen-bond donors (Lipinski definition) is 3. The van der Waals surface area contributed by atoms with Crippen molar-refractivity contribution in [2.75, 3.05) is 39.6 Å². The van der Waals surface area contributed by atoms with Crippen molar-refractivity contribution in [3.63, 3.8) is 0 Å². The van der Waals surface area contributed by atoms with E-state index in [1.54, 1.807) is 0 Å². The van der Waals surface area contributed by atoms with Crippen LogP contribution in [0.1, 0.15) is 459 Å². The summed E-state index contributed by atoms with van der Waals surface area (Å²) < 4.78 is 68.9. The molecule has 0 amide bonds. The molecule has 17 nitrogen and oxygen atoms in total. The lowest BCUT2D eigenvalue weighted by Crippen LogP contribution is -2.30. The molecule has 624 valence electrons. The number of rotatable bonds is 85. The number of ether oxygens (including phenoxy) is 4. The predicted molar refractivity (Wildman–Crippen MR) is 432 cm³/mol. The third-order valence-corrected chi connectivity index (χ3v) is 22.5. The Kier molecular flexibility index (Phi) is 76.0. The molecule has 0 aliphatic heterocycles. The first-order chi connectivity index (χ1) is 50.9. The van der Waals surface area contributed by atoms with Crippen molar-refractivity contribution in [1.29, 1.82) is 0 Å². The molecule has 0 saturated carbocycles. The first-order valence-electron chi connectivity index (χ1n) is 44.5. The van der Waals surface area contributed by atoms with Gasteiger partial charge in [0.15, 0.2) is 12.2 Å². The third kappa shape index (κ3) is 78.5. The number of phosphoric acid groups is 2. The van der Waals surface area contributed by atoms with E-state index in [2.05, 4.69) is 41.5 Å². The summed E-state index contributed by atoms with van der Waals surface area (Å²) in [5, 5.41) is 10.7. The smallest absolute Gasteiger partial charge is 0.462 e. The van der Waals surface area contributed by atoms with E-state index in [9.17, 15) is 43.2 Å². The summed E-state index contributed by atoms with van der Waals surface area (Å²) in [4.78, 5) is 73.2. The molecule has 105 heavy (non-hydrogen) atoms. The van der Waals surface area contributed by atoms with Gasteiger partial charge < -0.3 is 33.8 Å². The zero-order valence-corrected chi connectivity index (χ0v) is 70.8. The van der Waals surface area contributed by atoms with Crippen LogP contribution in [-0.2, 0) is 65.4 Å². The number of aliphatic hydroxyl groups excluding tert-OH is 1. The molecule has 0 aliphatic carbocycles. The van der Waals surface area contributed by atoms with Crippen molar-refractivity contribution in [1.82, 2.24) is 0 Å². The number of unbranched alkanes of at least 4 members (excludes halogenated alkanes) is 54. The largest absolute Gasteiger partial charge is 0.472 e. The van der Waals surface area contributed by atoms with Crippen LogP contribution >= 0.6 is 15.6 Å². The van der Waals surface area contributed by atoms with Gasteiger partial charge in [0.1, 0.15) is 19.3 Å². The Balaban J connectivity index is 5.24. The van der Waals surface area contributed by atoms with Crippen LogP contribution in [0.2, 0.25) is 0 Å². The summed E-state index contributed by atoms with van der Waals surface area (Å²) in [6, 6.07) is 0. The Labute approximate surface area is 645 Å². The summed E-state index contributed by atoms with van der Waals surface area (Å²) in [5.41, 5.74) is 0. The lowest BCUT2D eigenvalue weighted by atomic mass is 9.99. The topological polar surface area (TPSA) is 237 Å². The molecule has 0 saturated heterocycles. The van der Waals surface area contributed by atoms with Crippen LogP contribution in [-0.4, -0.2) is 96.7 Å². The fraction of sp³-hybridized carbons (Fsp3) is 0.953. The number of carbonyl (C=O) groups is 4. The molecule has 6 atom stereocenters. The predicted octanol–water partition coefficient (Wildman–Crippen LogP) is 26.2. The molecule has 0 bridgehead atoms. The van der Waals surface area contributed by atoms with E-state index in [4.69, 9.17) is 37.0 Å². The highest BCUT2D eigenvalue weighted by molar-refractivity contribution is 7.47. The molecule has 3 N–H and O–H groups in total. The number of phosphoric ester groups is 2. The van der Waals surface area contributed by atoms with E-state index in [0.717, 1.165) is 102 Å². The van der Waals surface area contributed by atoms with E-state index in [1.807, 2.05) is 0 Å². The number of aliphatic hydroxyl groups is 1. The second kappa shape index (κ2) is 77.4. The maximum atomic E-state index is 13.1. The Bertz CT molecular complexity index is 2010. The van der Waals surface area contributed by atoms with Crippen LogP contribution in [0.15, 0.2) is 0 Å². The normalized spacial score (nSPS) is 14.1. The van der Waals surface area contributed by atoms with Crippen LogP contribution < -0.4 is 0 Å². The van der Waals surface area contributed by atoms with Gasteiger partial charge in [-0.05, 0) is 37.5 Å². The van der Waals surface area contributed by atoms with Crippen molar-refractivity contribution in [3.05, 3.63) is 0 Å². The summed E-state index contributed by atoms with van der Waals surface area (Å²) in [6.45, 7) is 9.67. The highest BCUT2D eigenvalue weighted by atomic mass is 31.2. The van der Waals surface area contributed by atoms with E-state index in [-0.39, 0.29) is 25.7 Å². The lowest BCUT2D eigenvalue weighted by molar-refractivity contribution is -0.161. The maximum Gasteiger partial charge on any atom is 0.472 e. The van der Waals surface area contributed by atoms with Crippen LogP contribution in [0.5, 0.6) is 0 Å². The molecule has 0 fully saturated rings. The van der Waals surface area contributed by atoms with Gasteiger partial charge in [-0.25, -0.2) is 9.13 Å². The Morgan fingerprint density at radius 2 is 0.486 bits per heavy atom. The standard InChI is InChI=1S/C86H168O17P2/c1-7-10-12-14-16-18-20-22-24-26-27-28-29-30-32-34-36-38-45-52-58-64-70-85(90)102-81(74-96-83(88)68-62-56-50-44-37-35-33-31-25-23-21-19-17-15-13-11-8-2)76-100-104(92,93)98-72-80(87)73-99-105(94,95)101-77-82(75-97-84(89)69-63-57-51-47-41-42-48-54-60-66-78(4)5)103-86(91)71-65-59-53-46-40-39-43-49-55-61-67-79(6)9-3/h78-82,87H,7-77H2,1-6H3,(H,92,93)(H,94,95)/t79?,80-,81-,82-/m1/s1. The number of hydrogen-bond acceptors (Lipinski definition) is 15. The molecule has 19 heteroatoms. The van der Waals surface area contributed by atoms with Crippen molar-refractivity contribution < 1.29 is 80.2 Å². The summed E-state index contributed by atoms with van der Waals surface area (Å²) >= 11 is 0. The van der Waals surface area contributed by atoms with Gasteiger partial charge in [-0.1, -0.05) is 408 Å². The molecule has 0 aliphatic rings.